The number of ketones is 1. The standard InChI is InChI=1S/C17H15F2NO3S/c1-20(2)24(22,23)15-8-4-13(5-9-15)17(21)10-6-12-3-7-14(18)11-16(12)19/h3-11H,1-2H3/b10-6+. The van der Waals surface area contributed by atoms with Gasteiger partial charge in [-0.25, -0.2) is 21.5 Å². The fourth-order valence-corrected chi connectivity index (χ4v) is 2.80. The highest BCUT2D eigenvalue weighted by Crippen LogP contribution is 2.16. The molecule has 0 N–H and O–H groups in total. The topological polar surface area (TPSA) is 54.5 Å². The normalized spacial score (nSPS) is 12.0. The van der Waals surface area contributed by atoms with Crippen LogP contribution in [0.5, 0.6) is 0 Å². The molecule has 0 aliphatic rings. The molecule has 0 saturated carbocycles. The second-order valence-electron chi connectivity index (χ2n) is 5.18. The second kappa shape index (κ2) is 7.02. The lowest BCUT2D eigenvalue weighted by atomic mass is 10.1. The minimum Gasteiger partial charge on any atom is -0.289 e. The maximum atomic E-state index is 13.5. The van der Waals surface area contributed by atoms with E-state index in [-0.39, 0.29) is 16.0 Å². The summed E-state index contributed by atoms with van der Waals surface area (Å²) >= 11 is 0. The highest BCUT2D eigenvalue weighted by molar-refractivity contribution is 7.89. The van der Waals surface area contributed by atoms with E-state index in [4.69, 9.17) is 0 Å². The van der Waals surface area contributed by atoms with Crippen LogP contribution >= 0.6 is 0 Å². The van der Waals surface area contributed by atoms with Crippen LogP contribution in [0.4, 0.5) is 8.78 Å². The summed E-state index contributed by atoms with van der Waals surface area (Å²) in [6, 6.07) is 8.46. The molecule has 0 spiro atoms. The molecule has 0 unspecified atom stereocenters. The highest BCUT2D eigenvalue weighted by Gasteiger charge is 2.17. The van der Waals surface area contributed by atoms with Crippen molar-refractivity contribution >= 4 is 21.9 Å². The van der Waals surface area contributed by atoms with E-state index in [2.05, 4.69) is 0 Å². The summed E-state index contributed by atoms with van der Waals surface area (Å²) in [5.74, 6) is -1.90. The van der Waals surface area contributed by atoms with Gasteiger partial charge in [0.15, 0.2) is 5.78 Å². The molecule has 2 aromatic rings. The van der Waals surface area contributed by atoms with Crippen molar-refractivity contribution in [1.29, 1.82) is 0 Å². The summed E-state index contributed by atoms with van der Waals surface area (Å²) in [7, 11) is -0.743. The van der Waals surface area contributed by atoms with Crippen LogP contribution in [0.1, 0.15) is 15.9 Å². The molecule has 7 heteroatoms. The van der Waals surface area contributed by atoms with Crippen LogP contribution in [0, 0.1) is 11.6 Å². The van der Waals surface area contributed by atoms with Crippen molar-refractivity contribution < 1.29 is 22.0 Å². The van der Waals surface area contributed by atoms with Crippen LogP contribution in [0.15, 0.2) is 53.4 Å². The predicted molar refractivity (Wildman–Crippen MR) is 87.0 cm³/mol. The monoisotopic (exact) mass is 351 g/mol. The van der Waals surface area contributed by atoms with E-state index < -0.39 is 27.4 Å². The van der Waals surface area contributed by atoms with Gasteiger partial charge in [-0.3, -0.25) is 4.79 Å². The quantitative estimate of drug-likeness (QED) is 0.614. The third-order valence-electron chi connectivity index (χ3n) is 3.29. The molecule has 24 heavy (non-hydrogen) atoms. The average molecular weight is 351 g/mol. The molecular weight excluding hydrogens is 336 g/mol. The SMILES string of the molecule is CN(C)S(=O)(=O)c1ccc(C(=O)/C=C/c2ccc(F)cc2F)cc1. The van der Waals surface area contributed by atoms with Gasteiger partial charge < -0.3 is 0 Å². The molecule has 0 fully saturated rings. The van der Waals surface area contributed by atoms with Crippen LogP contribution in [-0.2, 0) is 10.0 Å². The first-order valence-corrected chi connectivity index (χ1v) is 8.36. The first-order valence-electron chi connectivity index (χ1n) is 6.92. The summed E-state index contributed by atoms with van der Waals surface area (Å²) in [6.07, 6.45) is 2.38. The van der Waals surface area contributed by atoms with E-state index in [1.165, 1.54) is 50.5 Å². The summed E-state index contributed by atoms with van der Waals surface area (Å²) in [5.41, 5.74) is 0.336. The molecule has 0 aromatic heterocycles. The van der Waals surface area contributed by atoms with Crippen molar-refractivity contribution in [2.45, 2.75) is 4.90 Å². The molecule has 2 aromatic carbocycles. The van der Waals surface area contributed by atoms with E-state index >= 15 is 0 Å². The van der Waals surface area contributed by atoms with Crippen LogP contribution in [0.3, 0.4) is 0 Å². The van der Waals surface area contributed by atoms with Gasteiger partial charge in [0.05, 0.1) is 4.90 Å². The molecule has 0 amide bonds. The zero-order valence-corrected chi connectivity index (χ0v) is 13.8. The summed E-state index contributed by atoms with van der Waals surface area (Å²) in [6.45, 7) is 0. The van der Waals surface area contributed by atoms with Gasteiger partial charge in [0.25, 0.3) is 0 Å². The van der Waals surface area contributed by atoms with Crippen molar-refractivity contribution in [3.63, 3.8) is 0 Å². The molecular formula is C17H15F2NO3S. The molecule has 4 nitrogen and oxygen atoms in total. The number of carbonyl (C=O) groups excluding carboxylic acids is 1. The van der Waals surface area contributed by atoms with Crippen LogP contribution in [0.25, 0.3) is 6.08 Å². The Labute approximate surface area is 139 Å². The van der Waals surface area contributed by atoms with Gasteiger partial charge in [0.2, 0.25) is 10.0 Å². The Morgan fingerprint density at radius 3 is 2.21 bits per heavy atom. The van der Waals surface area contributed by atoms with Crippen molar-refractivity contribution in [1.82, 2.24) is 4.31 Å². The third kappa shape index (κ3) is 3.93. The summed E-state index contributed by atoms with van der Waals surface area (Å²) < 4.78 is 51.3. The molecule has 0 aliphatic carbocycles. The van der Waals surface area contributed by atoms with Crippen molar-refractivity contribution in [3.8, 4) is 0 Å². The Kier molecular flexibility index (Phi) is 5.26. The Morgan fingerprint density at radius 2 is 1.67 bits per heavy atom. The van der Waals surface area contributed by atoms with E-state index in [0.717, 1.165) is 22.5 Å². The second-order valence-corrected chi connectivity index (χ2v) is 7.33. The number of sulfonamides is 1. The number of nitrogens with zero attached hydrogens (tertiary/aromatic N) is 1. The van der Waals surface area contributed by atoms with Crippen LogP contribution < -0.4 is 0 Å². The van der Waals surface area contributed by atoms with E-state index in [1.54, 1.807) is 0 Å². The Bertz CT molecular complexity index is 889. The number of allylic oxidation sites excluding steroid dienone is 1. The fraction of sp³-hybridized carbons (Fsp3) is 0.118. The number of carbonyl (C=O) groups is 1. The van der Waals surface area contributed by atoms with Gasteiger partial charge in [0.1, 0.15) is 11.6 Å². The van der Waals surface area contributed by atoms with Crippen LogP contribution in [0.2, 0.25) is 0 Å². The number of halogens is 2. The lowest BCUT2D eigenvalue weighted by Crippen LogP contribution is -2.22. The number of hydrogen-bond donors (Lipinski definition) is 0. The van der Waals surface area contributed by atoms with E-state index in [0.29, 0.717) is 0 Å². The Hall–Kier alpha value is -2.38. The number of benzene rings is 2. The third-order valence-corrected chi connectivity index (χ3v) is 5.12. The molecule has 126 valence electrons. The molecule has 0 aliphatic heterocycles. The molecule has 2 rings (SSSR count). The molecule has 0 atom stereocenters. The molecule has 0 saturated heterocycles. The van der Waals surface area contributed by atoms with Gasteiger partial charge in [0, 0.05) is 31.3 Å². The minimum absolute atomic E-state index is 0.0672. The smallest absolute Gasteiger partial charge is 0.242 e. The predicted octanol–water partition coefficient (Wildman–Crippen LogP) is 3.11. The Balaban J connectivity index is 2.20. The first-order chi connectivity index (χ1) is 11.2. The largest absolute Gasteiger partial charge is 0.289 e. The highest BCUT2D eigenvalue weighted by atomic mass is 32.2. The van der Waals surface area contributed by atoms with Gasteiger partial charge in [-0.1, -0.05) is 0 Å². The minimum atomic E-state index is -3.57. The fourth-order valence-electron chi connectivity index (χ4n) is 1.90. The van der Waals surface area contributed by atoms with Crippen molar-refractivity contribution in [2.75, 3.05) is 14.1 Å². The van der Waals surface area contributed by atoms with Gasteiger partial charge >= 0.3 is 0 Å². The lowest BCUT2D eigenvalue weighted by Gasteiger charge is -2.11. The van der Waals surface area contributed by atoms with E-state index in [9.17, 15) is 22.0 Å². The van der Waals surface area contributed by atoms with Crippen molar-refractivity contribution in [3.05, 3.63) is 71.3 Å². The number of hydrogen-bond acceptors (Lipinski definition) is 3. The molecule has 0 heterocycles. The summed E-state index contributed by atoms with van der Waals surface area (Å²) in [5, 5.41) is 0. The first kappa shape index (κ1) is 18.0. The average Bonchev–Trinajstić information content (AvgIpc) is 2.53. The zero-order chi connectivity index (χ0) is 17.9. The molecule has 0 radical (unpaired) electrons. The van der Waals surface area contributed by atoms with Gasteiger partial charge in [-0.2, -0.15) is 0 Å². The molecule has 0 bridgehead atoms. The summed E-state index contributed by atoms with van der Waals surface area (Å²) in [4.78, 5) is 12.1. The van der Waals surface area contributed by atoms with Crippen LogP contribution in [-0.4, -0.2) is 32.6 Å². The lowest BCUT2D eigenvalue weighted by molar-refractivity contribution is 0.104. The van der Waals surface area contributed by atoms with Gasteiger partial charge in [-0.05, 0) is 48.6 Å². The van der Waals surface area contributed by atoms with Gasteiger partial charge in [-0.15, -0.1) is 0 Å². The Morgan fingerprint density at radius 1 is 1.04 bits per heavy atom. The van der Waals surface area contributed by atoms with E-state index in [1.807, 2.05) is 0 Å². The maximum Gasteiger partial charge on any atom is 0.242 e. The zero-order valence-electron chi connectivity index (χ0n) is 13.0. The number of rotatable bonds is 5. The van der Waals surface area contributed by atoms with Crippen molar-refractivity contribution in [2.24, 2.45) is 0 Å². The maximum absolute atomic E-state index is 13.5.